The molecule has 0 radical (unpaired) electrons. The monoisotopic (exact) mass is 732 g/mol. The van der Waals surface area contributed by atoms with Crippen molar-refractivity contribution >= 4 is 21.4 Å². The van der Waals surface area contributed by atoms with Crippen LogP contribution in [0.15, 0.2) is 137 Å². The second-order valence-corrected chi connectivity index (χ2v) is 17.2. The maximum Gasteiger partial charge on any atom is 0.269 e. The van der Waals surface area contributed by atoms with Crippen molar-refractivity contribution in [3.63, 3.8) is 0 Å². The molecule has 0 aromatic heterocycles. The quantitative estimate of drug-likeness (QED) is 0.117. The fourth-order valence-corrected chi connectivity index (χ4v) is 9.62. The van der Waals surface area contributed by atoms with Gasteiger partial charge < -0.3 is 9.80 Å². The van der Waals surface area contributed by atoms with E-state index >= 15 is 0 Å². The van der Waals surface area contributed by atoms with Gasteiger partial charge >= 0.3 is 0 Å². The Hall–Kier alpha value is -4.73. The third-order valence-corrected chi connectivity index (χ3v) is 13.3. The summed E-state index contributed by atoms with van der Waals surface area (Å²) in [6.07, 6.45) is 11.9. The number of nitro groups is 1. The summed E-state index contributed by atoms with van der Waals surface area (Å²) in [5, 5.41) is 11.2. The summed E-state index contributed by atoms with van der Waals surface area (Å²) in [6.45, 7) is 20.5. The van der Waals surface area contributed by atoms with Crippen LogP contribution in [0.4, 0.5) is 11.4 Å². The summed E-state index contributed by atoms with van der Waals surface area (Å²) < 4.78 is 28.8. The van der Waals surface area contributed by atoms with Crippen molar-refractivity contribution in [2.45, 2.75) is 76.5 Å². The Morgan fingerprint density at radius 1 is 0.943 bits per heavy atom. The maximum absolute atomic E-state index is 13.6. The second kappa shape index (κ2) is 15.0. The van der Waals surface area contributed by atoms with E-state index in [1.54, 1.807) is 0 Å². The van der Waals surface area contributed by atoms with Gasteiger partial charge in [0, 0.05) is 72.8 Å². The minimum Gasteiger partial charge on any atom is -0.368 e. The average molecular weight is 733 g/mol. The molecule has 6 rings (SSSR count). The van der Waals surface area contributed by atoms with E-state index in [9.17, 15) is 18.5 Å². The van der Waals surface area contributed by atoms with Gasteiger partial charge in [0.2, 0.25) is 10.0 Å². The topological polar surface area (TPSA) is 87.0 Å². The van der Waals surface area contributed by atoms with Gasteiger partial charge in [0.25, 0.3) is 5.69 Å². The van der Waals surface area contributed by atoms with Crippen LogP contribution in [0, 0.1) is 17.0 Å². The first-order valence-electron chi connectivity index (χ1n) is 18.6. The van der Waals surface area contributed by atoms with Crippen LogP contribution in [0.25, 0.3) is 0 Å². The van der Waals surface area contributed by atoms with Crippen molar-refractivity contribution in [3.05, 3.63) is 159 Å². The molecule has 0 amide bonds. The van der Waals surface area contributed by atoms with Crippen LogP contribution in [-0.4, -0.2) is 55.3 Å². The molecule has 0 unspecified atom stereocenters. The molecule has 0 atom stereocenters. The lowest BCUT2D eigenvalue weighted by molar-refractivity contribution is -0.384. The van der Waals surface area contributed by atoms with Crippen molar-refractivity contribution in [1.82, 2.24) is 9.21 Å². The molecule has 0 N–H and O–H groups in total. The predicted octanol–water partition coefficient (Wildman–Crippen LogP) is 9.37. The summed E-state index contributed by atoms with van der Waals surface area (Å²) in [4.78, 5) is 15.5. The first-order chi connectivity index (χ1) is 25.2. The Morgan fingerprint density at radius 3 is 2.26 bits per heavy atom. The molecular weight excluding hydrogens is 681 g/mol. The molecule has 8 nitrogen and oxygen atoms in total. The standard InChI is InChI=1S/C44H52N4O4S/c1-8-47-40-19-12-11-18-39(40)44(6,7)41(47)27-22-35-16-13-15-34(21-20-33(3)43(4,5)38-17-10-9-14-32(38)2)42(35)45-28-30-46(31-29-45)53(51,52)37-25-23-36(24-26-37)48(49)50/h9-12,14,17-27H,3,8,13,15-16,28-31H2,1-2,4-7H3/b21-20+,35-22+,41-27+. The first-order valence-corrected chi connectivity index (χ1v) is 20.1. The van der Waals surface area contributed by atoms with Gasteiger partial charge in [-0.1, -0.05) is 95.0 Å². The van der Waals surface area contributed by atoms with Crippen LogP contribution in [-0.2, 0) is 20.9 Å². The SMILES string of the molecule is C=C(/C=C/C1=C(N2CCN(S(=O)(=O)c3ccc([N+](=O)[O-])cc3)CC2)C(=C/C=C2/N(CC)c3ccccc3C2(C)C)/CCC1)C(C)(C)c1ccccc1C. The van der Waals surface area contributed by atoms with Gasteiger partial charge in [-0.15, -0.1) is 0 Å². The molecule has 53 heavy (non-hydrogen) atoms. The van der Waals surface area contributed by atoms with Crippen LogP contribution in [0.2, 0.25) is 0 Å². The van der Waals surface area contributed by atoms with Gasteiger partial charge in [-0.3, -0.25) is 10.1 Å². The highest BCUT2D eigenvalue weighted by molar-refractivity contribution is 7.89. The highest BCUT2D eigenvalue weighted by Crippen LogP contribution is 2.47. The van der Waals surface area contributed by atoms with Gasteiger partial charge in [-0.25, -0.2) is 8.42 Å². The lowest BCUT2D eigenvalue weighted by atomic mass is 9.76. The van der Waals surface area contributed by atoms with E-state index in [1.807, 2.05) is 0 Å². The number of benzene rings is 3. The Morgan fingerprint density at radius 2 is 1.60 bits per heavy atom. The molecule has 1 aliphatic carbocycles. The Kier molecular flexibility index (Phi) is 10.7. The zero-order valence-corrected chi connectivity index (χ0v) is 32.7. The van der Waals surface area contributed by atoms with E-state index in [0.717, 1.165) is 31.4 Å². The Balaban J connectivity index is 1.35. The molecule has 0 bridgehead atoms. The fraction of sp³-hybridized carbons (Fsp3) is 0.364. The van der Waals surface area contributed by atoms with E-state index in [-0.39, 0.29) is 21.4 Å². The summed E-state index contributed by atoms with van der Waals surface area (Å²) in [5.74, 6) is 0. The number of hydrogen-bond acceptors (Lipinski definition) is 6. The molecule has 0 saturated carbocycles. The van der Waals surface area contributed by atoms with Crippen molar-refractivity contribution < 1.29 is 13.3 Å². The van der Waals surface area contributed by atoms with Crippen LogP contribution in [0.3, 0.4) is 0 Å². The summed E-state index contributed by atoms with van der Waals surface area (Å²) >= 11 is 0. The lowest BCUT2D eigenvalue weighted by Crippen LogP contribution is -2.48. The number of likely N-dealkylation sites (N-methyl/N-ethyl adjacent to an activating group) is 1. The molecule has 278 valence electrons. The van der Waals surface area contributed by atoms with E-state index in [1.165, 1.54) is 73.5 Å². The van der Waals surface area contributed by atoms with Crippen LogP contribution in [0.5, 0.6) is 0 Å². The molecule has 3 aromatic carbocycles. The molecule has 1 saturated heterocycles. The number of hydrogen-bond donors (Lipinski definition) is 0. The number of sulfonamides is 1. The van der Waals surface area contributed by atoms with Gasteiger partial charge in [0.1, 0.15) is 0 Å². The molecule has 3 aliphatic rings. The van der Waals surface area contributed by atoms with E-state index in [4.69, 9.17) is 0 Å². The number of para-hydroxylation sites is 1. The molecule has 2 aliphatic heterocycles. The molecule has 0 spiro atoms. The second-order valence-electron chi connectivity index (χ2n) is 15.3. The van der Waals surface area contributed by atoms with E-state index in [2.05, 4.69) is 131 Å². The number of fused-ring (bicyclic) bond motifs is 1. The highest BCUT2D eigenvalue weighted by Gasteiger charge is 2.39. The van der Waals surface area contributed by atoms with Crippen LogP contribution < -0.4 is 4.90 Å². The highest BCUT2D eigenvalue weighted by atomic mass is 32.2. The first kappa shape index (κ1) is 38.0. The fourth-order valence-electron chi connectivity index (χ4n) is 8.20. The number of nitrogens with zero attached hydrogens (tertiary/aromatic N) is 4. The molecule has 3 aromatic rings. The number of nitro benzene ring substituents is 1. The van der Waals surface area contributed by atoms with Crippen molar-refractivity contribution in [2.24, 2.45) is 0 Å². The molecule has 1 fully saturated rings. The zero-order valence-electron chi connectivity index (χ0n) is 31.9. The third-order valence-electron chi connectivity index (χ3n) is 11.4. The number of piperazine rings is 1. The predicted molar refractivity (Wildman–Crippen MR) is 215 cm³/mol. The number of rotatable bonds is 10. The van der Waals surface area contributed by atoms with Crippen molar-refractivity contribution in [1.29, 1.82) is 0 Å². The maximum atomic E-state index is 13.6. The van der Waals surface area contributed by atoms with Gasteiger partial charge in [0.15, 0.2) is 0 Å². The Labute approximate surface area is 315 Å². The number of allylic oxidation sites excluding steroid dienone is 8. The van der Waals surface area contributed by atoms with E-state index in [0.29, 0.717) is 26.2 Å². The molecule has 2 heterocycles. The van der Waals surface area contributed by atoms with Crippen molar-refractivity contribution in [2.75, 3.05) is 37.6 Å². The summed E-state index contributed by atoms with van der Waals surface area (Å²) in [6, 6.07) is 22.3. The Bertz CT molecular complexity index is 2130. The minimum atomic E-state index is -3.81. The summed E-state index contributed by atoms with van der Waals surface area (Å²) in [5.41, 5.74) is 10.5. The third kappa shape index (κ3) is 7.29. The minimum absolute atomic E-state index is 0.0692. The van der Waals surface area contributed by atoms with Crippen molar-refractivity contribution in [3.8, 4) is 0 Å². The molecular formula is C44H52N4O4S. The number of non-ortho nitro benzene ring substituents is 1. The lowest BCUT2D eigenvalue weighted by Gasteiger charge is -2.39. The van der Waals surface area contributed by atoms with Gasteiger partial charge in [0.05, 0.1) is 9.82 Å². The van der Waals surface area contributed by atoms with Gasteiger partial charge in [-0.2, -0.15) is 4.31 Å². The number of aryl methyl sites for hydroxylation is 1. The average Bonchev–Trinajstić information content (AvgIpc) is 3.37. The van der Waals surface area contributed by atoms with Gasteiger partial charge in [-0.05, 0) is 90.8 Å². The smallest absolute Gasteiger partial charge is 0.269 e. The molecule has 9 heteroatoms. The zero-order chi connectivity index (χ0) is 38.1. The van der Waals surface area contributed by atoms with Crippen LogP contribution >= 0.6 is 0 Å². The van der Waals surface area contributed by atoms with Crippen LogP contribution in [0.1, 0.15) is 70.6 Å². The van der Waals surface area contributed by atoms with E-state index < -0.39 is 14.9 Å². The summed E-state index contributed by atoms with van der Waals surface area (Å²) in [7, 11) is -3.81. The number of anilines is 1. The largest absolute Gasteiger partial charge is 0.368 e. The normalized spacial score (nSPS) is 19.7.